The summed E-state index contributed by atoms with van der Waals surface area (Å²) in [6.45, 7) is 2.14. The van der Waals surface area contributed by atoms with Gasteiger partial charge in [0.05, 0.1) is 30.2 Å². The second-order valence-corrected chi connectivity index (χ2v) is 7.05. The van der Waals surface area contributed by atoms with Crippen molar-refractivity contribution in [1.82, 2.24) is 4.90 Å². The van der Waals surface area contributed by atoms with E-state index in [9.17, 15) is 14.4 Å². The van der Waals surface area contributed by atoms with Crippen LogP contribution < -0.4 is 10.6 Å². The smallest absolute Gasteiger partial charge is 0.407 e. The number of benzene rings is 1. The average Bonchev–Trinajstić information content (AvgIpc) is 3.09. The number of methoxy groups -OCH3 is 1. The van der Waals surface area contributed by atoms with Gasteiger partial charge in [-0.25, -0.2) is 9.59 Å². The van der Waals surface area contributed by atoms with Crippen LogP contribution in [0, 0.1) is 5.92 Å². The van der Waals surface area contributed by atoms with Crippen LogP contribution in [0.1, 0.15) is 29.6 Å². The molecule has 152 valence electrons. The summed E-state index contributed by atoms with van der Waals surface area (Å²) in [6.07, 6.45) is 1.04. The lowest BCUT2D eigenvalue weighted by Gasteiger charge is -2.27. The summed E-state index contributed by atoms with van der Waals surface area (Å²) in [6, 6.07) is 4.89. The number of hydrogen-bond acceptors (Lipinski definition) is 6. The maximum absolute atomic E-state index is 12.5. The van der Waals surface area contributed by atoms with Gasteiger partial charge in [-0.1, -0.05) is 0 Å². The topological polar surface area (TPSA) is 117 Å². The lowest BCUT2D eigenvalue weighted by atomic mass is 10.0. The number of hydrogen-bond donors (Lipinski definition) is 3. The highest BCUT2D eigenvalue weighted by Gasteiger charge is 2.27. The van der Waals surface area contributed by atoms with Crippen LogP contribution in [-0.2, 0) is 14.3 Å². The Bertz CT molecular complexity index is 749. The number of rotatable bonds is 7. The molecule has 1 aromatic carbocycles. The molecule has 0 aliphatic carbocycles. The Morgan fingerprint density at radius 1 is 1.29 bits per heavy atom. The quantitative estimate of drug-likeness (QED) is 0.609. The van der Waals surface area contributed by atoms with Crippen LogP contribution in [0.2, 0.25) is 0 Å². The average molecular weight is 391 g/mol. The number of likely N-dealkylation sites (tertiary alicyclic amines) is 1. The molecule has 2 aliphatic heterocycles. The van der Waals surface area contributed by atoms with E-state index in [4.69, 9.17) is 14.6 Å². The lowest BCUT2D eigenvalue weighted by Crippen LogP contribution is -2.33. The Kier molecular flexibility index (Phi) is 6.35. The molecule has 3 N–H and O–H groups in total. The molecule has 0 spiro atoms. The number of ether oxygens (including phenoxy) is 2. The molecule has 2 unspecified atom stereocenters. The van der Waals surface area contributed by atoms with E-state index in [1.54, 1.807) is 18.2 Å². The Morgan fingerprint density at radius 2 is 2.07 bits per heavy atom. The van der Waals surface area contributed by atoms with Gasteiger partial charge in [0.15, 0.2) is 0 Å². The molecule has 2 heterocycles. The molecule has 28 heavy (non-hydrogen) atoms. The maximum Gasteiger partial charge on any atom is 0.407 e. The number of carbonyl (C=O) groups is 3. The first-order chi connectivity index (χ1) is 13.5. The van der Waals surface area contributed by atoms with Crippen molar-refractivity contribution < 1.29 is 29.0 Å². The first kappa shape index (κ1) is 19.9. The third kappa shape index (κ3) is 4.92. The van der Waals surface area contributed by atoms with E-state index in [0.29, 0.717) is 43.0 Å². The minimum atomic E-state index is -0.953. The Labute approximate surface area is 163 Å². The normalized spacial score (nSPS) is 21.0. The Hall–Kier alpha value is -2.81. The van der Waals surface area contributed by atoms with E-state index in [1.807, 2.05) is 0 Å². The number of nitrogens with one attached hydrogen (secondary N) is 2. The number of anilines is 2. The molecular weight excluding hydrogens is 366 g/mol. The second kappa shape index (κ2) is 8.92. The van der Waals surface area contributed by atoms with Crippen LogP contribution in [-0.4, -0.2) is 67.4 Å². The molecule has 9 nitrogen and oxygen atoms in total. The summed E-state index contributed by atoms with van der Waals surface area (Å²) in [5.41, 5.74) is 1.56. The Balaban J connectivity index is 1.64. The molecule has 0 aromatic heterocycles. The molecule has 2 aliphatic rings. The Morgan fingerprint density at radius 3 is 2.68 bits per heavy atom. The summed E-state index contributed by atoms with van der Waals surface area (Å²) < 4.78 is 10.2. The standard InChI is InChI=1S/C19H25N3O6/c1-27-18(24)13-2-3-15(16(9-13)20-10-14-5-7-28-14)21-17(23)8-12-4-6-22(11-12)19(25)26/h2-3,9,12,14,20H,4-8,10-11H2,1H3,(H,21,23)(H,25,26). The third-order valence-corrected chi connectivity index (χ3v) is 5.06. The van der Waals surface area contributed by atoms with E-state index < -0.39 is 12.1 Å². The first-order valence-corrected chi connectivity index (χ1v) is 9.32. The minimum absolute atomic E-state index is 0.00484. The van der Waals surface area contributed by atoms with E-state index >= 15 is 0 Å². The fourth-order valence-corrected chi connectivity index (χ4v) is 3.35. The van der Waals surface area contributed by atoms with Crippen LogP contribution in [0.4, 0.5) is 16.2 Å². The fraction of sp³-hybridized carbons (Fsp3) is 0.526. The van der Waals surface area contributed by atoms with Gasteiger partial charge in [-0.2, -0.15) is 0 Å². The van der Waals surface area contributed by atoms with Crippen molar-refractivity contribution in [2.24, 2.45) is 5.92 Å². The van der Waals surface area contributed by atoms with E-state index in [0.717, 1.165) is 13.0 Å². The van der Waals surface area contributed by atoms with Gasteiger partial charge in [0.1, 0.15) is 0 Å². The van der Waals surface area contributed by atoms with Crippen molar-refractivity contribution in [3.05, 3.63) is 23.8 Å². The number of carbonyl (C=O) groups excluding carboxylic acids is 2. The summed E-state index contributed by atoms with van der Waals surface area (Å²) >= 11 is 0. The summed E-state index contributed by atoms with van der Waals surface area (Å²) in [4.78, 5) is 36.6. The van der Waals surface area contributed by atoms with Crippen LogP contribution in [0.5, 0.6) is 0 Å². The fourth-order valence-electron chi connectivity index (χ4n) is 3.35. The van der Waals surface area contributed by atoms with Gasteiger partial charge in [-0.05, 0) is 37.0 Å². The maximum atomic E-state index is 12.5. The highest BCUT2D eigenvalue weighted by atomic mass is 16.5. The first-order valence-electron chi connectivity index (χ1n) is 9.32. The predicted molar refractivity (Wildman–Crippen MR) is 102 cm³/mol. The third-order valence-electron chi connectivity index (χ3n) is 5.06. The van der Waals surface area contributed by atoms with Crippen LogP contribution in [0.3, 0.4) is 0 Å². The number of amides is 2. The number of nitrogens with zero attached hydrogens (tertiary/aromatic N) is 1. The van der Waals surface area contributed by atoms with Crippen molar-refractivity contribution in [2.75, 3.05) is 44.0 Å². The molecule has 2 amide bonds. The van der Waals surface area contributed by atoms with Gasteiger partial charge < -0.3 is 30.1 Å². The van der Waals surface area contributed by atoms with Gasteiger partial charge in [0.2, 0.25) is 5.91 Å². The summed E-state index contributed by atoms with van der Waals surface area (Å²) in [7, 11) is 1.31. The molecule has 9 heteroatoms. The monoisotopic (exact) mass is 391 g/mol. The van der Waals surface area contributed by atoms with E-state index in [2.05, 4.69) is 10.6 Å². The number of esters is 1. The van der Waals surface area contributed by atoms with Crippen molar-refractivity contribution in [2.45, 2.75) is 25.4 Å². The molecule has 2 fully saturated rings. The molecule has 0 bridgehead atoms. The van der Waals surface area contributed by atoms with Crippen molar-refractivity contribution >= 4 is 29.3 Å². The van der Waals surface area contributed by atoms with Gasteiger partial charge >= 0.3 is 12.1 Å². The van der Waals surface area contributed by atoms with Gasteiger partial charge in [0, 0.05) is 32.7 Å². The van der Waals surface area contributed by atoms with Crippen molar-refractivity contribution in [1.29, 1.82) is 0 Å². The SMILES string of the molecule is COC(=O)c1ccc(NC(=O)CC2CCN(C(=O)O)C2)c(NCC2CCO2)c1. The zero-order valence-corrected chi connectivity index (χ0v) is 15.8. The molecule has 1 aromatic rings. The molecule has 0 saturated carbocycles. The van der Waals surface area contributed by atoms with Crippen LogP contribution >= 0.6 is 0 Å². The molecule has 0 radical (unpaired) electrons. The van der Waals surface area contributed by atoms with Crippen LogP contribution in [0.25, 0.3) is 0 Å². The highest BCUT2D eigenvalue weighted by molar-refractivity contribution is 5.97. The van der Waals surface area contributed by atoms with Crippen LogP contribution in [0.15, 0.2) is 18.2 Å². The number of carboxylic acid groups (broad SMARTS) is 1. The van der Waals surface area contributed by atoms with Gasteiger partial charge in [0.25, 0.3) is 0 Å². The van der Waals surface area contributed by atoms with E-state index in [-0.39, 0.29) is 24.3 Å². The van der Waals surface area contributed by atoms with Gasteiger partial charge in [-0.15, -0.1) is 0 Å². The summed E-state index contributed by atoms with van der Waals surface area (Å²) in [5.74, 6) is -0.642. The predicted octanol–water partition coefficient (Wildman–Crippen LogP) is 2.00. The molecular formula is C19H25N3O6. The lowest BCUT2D eigenvalue weighted by molar-refractivity contribution is -0.117. The van der Waals surface area contributed by atoms with Crippen molar-refractivity contribution in [3.63, 3.8) is 0 Å². The molecule has 2 saturated heterocycles. The largest absolute Gasteiger partial charge is 0.465 e. The van der Waals surface area contributed by atoms with Crippen molar-refractivity contribution in [3.8, 4) is 0 Å². The zero-order valence-electron chi connectivity index (χ0n) is 15.8. The highest BCUT2D eigenvalue weighted by Crippen LogP contribution is 2.26. The zero-order chi connectivity index (χ0) is 20.1. The summed E-state index contributed by atoms with van der Waals surface area (Å²) in [5, 5.41) is 15.1. The van der Waals surface area contributed by atoms with E-state index in [1.165, 1.54) is 12.0 Å². The minimum Gasteiger partial charge on any atom is -0.465 e. The second-order valence-electron chi connectivity index (χ2n) is 7.05. The molecule has 3 rings (SSSR count). The van der Waals surface area contributed by atoms with Gasteiger partial charge in [-0.3, -0.25) is 4.79 Å². The molecule has 2 atom stereocenters.